The third kappa shape index (κ3) is 4.16. The molecule has 2 N–H and O–H groups in total. The van der Waals surface area contributed by atoms with Gasteiger partial charge in [0.15, 0.2) is 0 Å². The van der Waals surface area contributed by atoms with Crippen LogP contribution in [0.25, 0.3) is 0 Å². The fourth-order valence-corrected chi connectivity index (χ4v) is 4.54. The lowest BCUT2D eigenvalue weighted by Crippen LogP contribution is -2.52. The number of fused-ring (bicyclic) bond motifs is 1. The van der Waals surface area contributed by atoms with Gasteiger partial charge >= 0.3 is 0 Å². The number of aromatic amines is 1. The molecule has 1 unspecified atom stereocenters. The molecule has 5 rings (SSSR count). The maximum absolute atomic E-state index is 12.9. The molecule has 2 aromatic carbocycles. The minimum atomic E-state index is -0.633. The summed E-state index contributed by atoms with van der Waals surface area (Å²) >= 11 is 0. The van der Waals surface area contributed by atoms with E-state index in [-0.39, 0.29) is 18.2 Å². The molecule has 33 heavy (non-hydrogen) atoms. The molecule has 8 nitrogen and oxygen atoms in total. The number of aromatic nitrogens is 2. The average molecular weight is 447 g/mol. The highest BCUT2D eigenvalue weighted by molar-refractivity contribution is 6.05. The summed E-state index contributed by atoms with van der Waals surface area (Å²) in [6.45, 7) is 2.81. The number of amides is 3. The number of nitrogens with zero attached hydrogens (tertiary/aromatic N) is 2. The van der Waals surface area contributed by atoms with Crippen LogP contribution < -0.4 is 10.1 Å². The molecule has 3 amide bonds. The maximum atomic E-state index is 12.9. The number of carbonyl (C=O) groups excluding carboxylic acids is 3. The van der Waals surface area contributed by atoms with Gasteiger partial charge in [-0.25, -0.2) is 0 Å². The molecule has 0 saturated carbocycles. The van der Waals surface area contributed by atoms with E-state index in [1.54, 1.807) is 12.1 Å². The molecule has 3 aromatic rings. The molecular formula is C25H26N4O4. The van der Waals surface area contributed by atoms with Gasteiger partial charge in [-0.2, -0.15) is 0 Å². The number of carbonyl (C=O) groups is 3. The van der Waals surface area contributed by atoms with E-state index in [0.29, 0.717) is 36.9 Å². The van der Waals surface area contributed by atoms with Crippen molar-refractivity contribution in [2.75, 3.05) is 0 Å². The van der Waals surface area contributed by atoms with Crippen molar-refractivity contribution < 1.29 is 19.1 Å². The van der Waals surface area contributed by atoms with Crippen molar-refractivity contribution in [2.45, 2.75) is 51.4 Å². The molecule has 0 aliphatic carbocycles. The van der Waals surface area contributed by atoms with Crippen LogP contribution in [0.3, 0.4) is 0 Å². The first-order valence-electron chi connectivity index (χ1n) is 11.2. The van der Waals surface area contributed by atoms with E-state index in [0.717, 1.165) is 17.7 Å². The van der Waals surface area contributed by atoms with Gasteiger partial charge in [0, 0.05) is 23.7 Å². The molecule has 3 heterocycles. The summed E-state index contributed by atoms with van der Waals surface area (Å²) in [5, 5.41) is 5.65. The maximum Gasteiger partial charge on any atom is 0.255 e. The minimum absolute atomic E-state index is 0.202. The Morgan fingerprint density at radius 3 is 2.64 bits per heavy atom. The zero-order valence-corrected chi connectivity index (χ0v) is 18.4. The van der Waals surface area contributed by atoms with Crippen LogP contribution in [0, 0.1) is 0 Å². The van der Waals surface area contributed by atoms with Crippen LogP contribution >= 0.6 is 0 Å². The van der Waals surface area contributed by atoms with E-state index in [9.17, 15) is 14.4 Å². The zero-order chi connectivity index (χ0) is 22.9. The van der Waals surface area contributed by atoms with Gasteiger partial charge in [-0.1, -0.05) is 36.4 Å². The molecular weight excluding hydrogens is 420 g/mol. The third-order valence-electron chi connectivity index (χ3n) is 6.34. The van der Waals surface area contributed by atoms with Crippen LogP contribution in [0.5, 0.6) is 5.75 Å². The Kier molecular flexibility index (Phi) is 5.50. The van der Waals surface area contributed by atoms with Crippen molar-refractivity contribution in [3.8, 4) is 5.75 Å². The van der Waals surface area contributed by atoms with Crippen molar-refractivity contribution in [3.05, 3.63) is 77.1 Å². The molecule has 2 atom stereocenters. The molecule has 1 fully saturated rings. The van der Waals surface area contributed by atoms with Crippen LogP contribution in [0.2, 0.25) is 0 Å². The van der Waals surface area contributed by atoms with Crippen LogP contribution in [0.4, 0.5) is 0 Å². The number of hydrogen-bond acceptors (Lipinski definition) is 4. The molecule has 170 valence electrons. The highest BCUT2D eigenvalue weighted by atomic mass is 16.5. The normalized spacial score (nSPS) is 18.9. The first kappa shape index (κ1) is 21.1. The smallest absolute Gasteiger partial charge is 0.255 e. The second kappa shape index (κ2) is 8.61. The quantitative estimate of drug-likeness (QED) is 0.546. The zero-order valence-electron chi connectivity index (χ0n) is 18.4. The summed E-state index contributed by atoms with van der Waals surface area (Å²) in [5.41, 5.74) is 3.57. The number of hydrogen-bond donors (Lipinski definition) is 2. The predicted molar refractivity (Wildman–Crippen MR) is 120 cm³/mol. The molecule has 8 heteroatoms. The Bertz CT molecular complexity index is 1180. The number of H-pyrrole nitrogens is 1. The molecule has 2 aliphatic heterocycles. The molecule has 2 aliphatic rings. The fraction of sp³-hybridized carbons (Fsp3) is 0.320. The van der Waals surface area contributed by atoms with E-state index in [4.69, 9.17) is 4.74 Å². The largest absolute Gasteiger partial charge is 0.487 e. The van der Waals surface area contributed by atoms with Crippen molar-refractivity contribution in [1.29, 1.82) is 0 Å². The van der Waals surface area contributed by atoms with E-state index in [1.807, 2.05) is 30.5 Å². The average Bonchev–Trinajstić information content (AvgIpc) is 3.10. The van der Waals surface area contributed by atoms with E-state index in [2.05, 4.69) is 34.2 Å². The van der Waals surface area contributed by atoms with Crippen LogP contribution in [-0.2, 0) is 29.2 Å². The Hall–Kier alpha value is -3.81. The third-order valence-corrected chi connectivity index (χ3v) is 6.34. The highest BCUT2D eigenvalue weighted by Gasteiger charge is 2.40. The fourth-order valence-electron chi connectivity index (χ4n) is 4.54. The lowest BCUT2D eigenvalue weighted by molar-refractivity contribution is -0.136. The summed E-state index contributed by atoms with van der Waals surface area (Å²) < 4.78 is 8.10. The van der Waals surface area contributed by atoms with E-state index >= 15 is 0 Å². The molecule has 0 bridgehead atoms. The van der Waals surface area contributed by atoms with Crippen molar-refractivity contribution in [2.24, 2.45) is 0 Å². The number of ether oxygens (including phenoxy) is 1. The van der Waals surface area contributed by atoms with Gasteiger partial charge in [-0.3, -0.25) is 29.5 Å². The predicted octanol–water partition coefficient (Wildman–Crippen LogP) is 2.96. The van der Waals surface area contributed by atoms with Gasteiger partial charge in [0.1, 0.15) is 18.4 Å². The first-order valence-corrected chi connectivity index (χ1v) is 11.2. The minimum Gasteiger partial charge on any atom is -0.487 e. The van der Waals surface area contributed by atoms with Gasteiger partial charge < -0.3 is 9.64 Å². The van der Waals surface area contributed by atoms with Crippen LogP contribution in [0.15, 0.2) is 54.7 Å². The second-order valence-electron chi connectivity index (χ2n) is 8.68. The highest BCUT2D eigenvalue weighted by Crippen LogP contribution is 2.34. The monoisotopic (exact) mass is 446 g/mol. The summed E-state index contributed by atoms with van der Waals surface area (Å²) in [5.74, 6) is -0.276. The standard InChI is InChI=1S/C25H26N4O4/c1-16(12-17-6-3-2-4-7-17)29-13-18(27-29)15-33-22-9-5-8-19-20(22)14-28(25(19)32)21-10-11-23(30)26-24(21)31/h2-9,13,16,21,27H,10-12,14-15H2,1H3,(H,26,30,31)/t16-,21?/m1/s1. The Balaban J connectivity index is 1.22. The van der Waals surface area contributed by atoms with Gasteiger partial charge in [0.2, 0.25) is 11.8 Å². The molecule has 0 spiro atoms. The summed E-state index contributed by atoms with van der Waals surface area (Å²) in [7, 11) is 0. The Morgan fingerprint density at radius 1 is 1.09 bits per heavy atom. The number of benzene rings is 2. The Morgan fingerprint density at radius 2 is 1.88 bits per heavy atom. The van der Waals surface area contributed by atoms with Crippen molar-refractivity contribution in [3.63, 3.8) is 0 Å². The molecule has 1 aromatic heterocycles. The topological polar surface area (TPSA) is 96.4 Å². The van der Waals surface area contributed by atoms with E-state index < -0.39 is 11.9 Å². The van der Waals surface area contributed by atoms with Gasteiger partial charge in [0.25, 0.3) is 5.91 Å². The summed E-state index contributed by atoms with van der Waals surface area (Å²) in [6, 6.07) is 15.4. The SMILES string of the molecule is C[C@H](Cc1ccccc1)n1cc(COc2cccc3c2CN(C2CCC(=O)NC2=O)C3=O)[nH]1. The van der Waals surface area contributed by atoms with Gasteiger partial charge in [0.05, 0.1) is 18.3 Å². The number of piperidine rings is 1. The van der Waals surface area contributed by atoms with Crippen LogP contribution in [-0.4, -0.2) is 38.4 Å². The van der Waals surface area contributed by atoms with Crippen molar-refractivity contribution in [1.82, 2.24) is 20.0 Å². The summed E-state index contributed by atoms with van der Waals surface area (Å²) in [4.78, 5) is 38.2. The second-order valence-corrected chi connectivity index (χ2v) is 8.68. The summed E-state index contributed by atoms with van der Waals surface area (Å²) in [6.07, 6.45) is 3.55. The van der Waals surface area contributed by atoms with Gasteiger partial charge in [-0.15, -0.1) is 0 Å². The molecule has 1 saturated heterocycles. The number of rotatable bonds is 7. The Labute approximate surface area is 191 Å². The number of imide groups is 1. The van der Waals surface area contributed by atoms with Crippen LogP contribution in [0.1, 0.15) is 53.0 Å². The first-order chi connectivity index (χ1) is 16.0. The lowest BCUT2D eigenvalue weighted by atomic mass is 10.0. The molecule has 0 radical (unpaired) electrons. The number of nitrogens with one attached hydrogen (secondary N) is 2. The van der Waals surface area contributed by atoms with Gasteiger partial charge in [-0.05, 0) is 37.5 Å². The van der Waals surface area contributed by atoms with Crippen molar-refractivity contribution >= 4 is 17.7 Å². The lowest BCUT2D eigenvalue weighted by Gasteiger charge is -2.29. The van der Waals surface area contributed by atoms with E-state index in [1.165, 1.54) is 10.5 Å².